The van der Waals surface area contributed by atoms with Crippen LogP contribution in [0.4, 0.5) is 0 Å². The molecule has 2 fully saturated rings. The molecule has 0 radical (unpaired) electrons. The summed E-state index contributed by atoms with van der Waals surface area (Å²) < 4.78 is 0. The fourth-order valence-electron chi connectivity index (χ4n) is 3.21. The predicted octanol–water partition coefficient (Wildman–Crippen LogP) is 2.00. The van der Waals surface area contributed by atoms with Gasteiger partial charge in [-0.25, -0.2) is 0 Å². The molecule has 0 heterocycles. The molecule has 106 valence electrons. The first-order chi connectivity index (χ1) is 8.61. The van der Waals surface area contributed by atoms with E-state index in [4.69, 9.17) is 0 Å². The fourth-order valence-corrected chi connectivity index (χ4v) is 3.21. The lowest BCUT2D eigenvalue weighted by Gasteiger charge is -2.40. The van der Waals surface area contributed by atoms with E-state index >= 15 is 0 Å². The average Bonchev–Trinajstić information content (AvgIpc) is 3.19. The summed E-state index contributed by atoms with van der Waals surface area (Å²) in [5.74, 6) is 0.683. The monoisotopic (exact) mass is 254 g/mol. The Balaban J connectivity index is 2.02. The first-order valence-corrected chi connectivity index (χ1v) is 7.74. The molecule has 3 nitrogen and oxygen atoms in total. The third-order valence-corrected chi connectivity index (χ3v) is 4.28. The second-order valence-electron chi connectivity index (χ2n) is 6.59. The molecule has 2 aliphatic rings. The van der Waals surface area contributed by atoms with Gasteiger partial charge in [-0.2, -0.15) is 0 Å². The SMILES string of the molecule is CCCN(CC(CO)(NC(C)C)C1CC1)C1CC1. The lowest BCUT2D eigenvalue weighted by molar-refractivity contribution is 0.0800. The normalized spacial score (nSPS) is 23.7. The summed E-state index contributed by atoms with van der Waals surface area (Å²) in [6.45, 7) is 9.12. The molecule has 3 heteroatoms. The number of hydrogen-bond donors (Lipinski definition) is 2. The van der Waals surface area contributed by atoms with E-state index in [9.17, 15) is 5.11 Å². The van der Waals surface area contributed by atoms with E-state index in [1.165, 1.54) is 38.6 Å². The van der Waals surface area contributed by atoms with Gasteiger partial charge in [0, 0.05) is 18.6 Å². The molecule has 0 saturated heterocycles. The lowest BCUT2D eigenvalue weighted by atomic mass is 9.92. The van der Waals surface area contributed by atoms with E-state index in [2.05, 4.69) is 31.0 Å². The van der Waals surface area contributed by atoms with Crippen LogP contribution >= 0.6 is 0 Å². The van der Waals surface area contributed by atoms with Crippen LogP contribution in [0.2, 0.25) is 0 Å². The number of nitrogens with zero attached hydrogens (tertiary/aromatic N) is 1. The molecule has 2 N–H and O–H groups in total. The average molecular weight is 254 g/mol. The molecule has 2 rings (SSSR count). The van der Waals surface area contributed by atoms with Crippen LogP contribution in [0.5, 0.6) is 0 Å². The topological polar surface area (TPSA) is 35.5 Å². The molecular formula is C15H30N2O. The molecule has 0 bridgehead atoms. The summed E-state index contributed by atoms with van der Waals surface area (Å²) in [5, 5.41) is 13.7. The number of nitrogens with one attached hydrogen (secondary N) is 1. The van der Waals surface area contributed by atoms with Gasteiger partial charge in [-0.15, -0.1) is 0 Å². The van der Waals surface area contributed by atoms with Crippen molar-refractivity contribution in [3.05, 3.63) is 0 Å². The summed E-state index contributed by atoms with van der Waals surface area (Å²) in [6, 6.07) is 1.24. The van der Waals surface area contributed by atoms with Gasteiger partial charge in [-0.05, 0) is 44.6 Å². The second-order valence-corrected chi connectivity index (χ2v) is 6.59. The highest BCUT2D eigenvalue weighted by atomic mass is 16.3. The van der Waals surface area contributed by atoms with Gasteiger partial charge in [0.15, 0.2) is 0 Å². The Morgan fingerprint density at radius 3 is 2.33 bits per heavy atom. The molecule has 0 aromatic heterocycles. The minimum absolute atomic E-state index is 0.0497. The maximum atomic E-state index is 9.97. The molecule has 2 saturated carbocycles. The van der Waals surface area contributed by atoms with E-state index < -0.39 is 0 Å². The highest BCUT2D eigenvalue weighted by molar-refractivity contribution is 5.05. The molecule has 0 aliphatic heterocycles. The van der Waals surface area contributed by atoms with Crippen molar-refractivity contribution in [2.45, 2.75) is 70.5 Å². The van der Waals surface area contributed by atoms with Crippen LogP contribution in [0.1, 0.15) is 52.9 Å². The van der Waals surface area contributed by atoms with Crippen molar-refractivity contribution < 1.29 is 5.11 Å². The summed E-state index contributed by atoms with van der Waals surface area (Å²) >= 11 is 0. The number of aliphatic hydroxyl groups is 1. The molecule has 0 aromatic rings. The zero-order valence-corrected chi connectivity index (χ0v) is 12.3. The van der Waals surface area contributed by atoms with E-state index in [1.807, 2.05) is 0 Å². The number of rotatable bonds is 9. The Morgan fingerprint density at radius 2 is 1.94 bits per heavy atom. The Hall–Kier alpha value is -0.120. The third-order valence-electron chi connectivity index (χ3n) is 4.28. The minimum atomic E-state index is -0.0497. The molecule has 1 unspecified atom stereocenters. The molecule has 0 amide bonds. The summed E-state index contributed by atoms with van der Waals surface area (Å²) in [5.41, 5.74) is -0.0497. The molecular weight excluding hydrogens is 224 g/mol. The third kappa shape index (κ3) is 3.46. The maximum absolute atomic E-state index is 9.97. The van der Waals surface area contributed by atoms with Crippen molar-refractivity contribution >= 4 is 0 Å². The van der Waals surface area contributed by atoms with Crippen molar-refractivity contribution in [3.63, 3.8) is 0 Å². The van der Waals surface area contributed by atoms with Gasteiger partial charge < -0.3 is 10.4 Å². The fraction of sp³-hybridized carbons (Fsp3) is 1.00. The predicted molar refractivity (Wildman–Crippen MR) is 75.7 cm³/mol. The van der Waals surface area contributed by atoms with Gasteiger partial charge in [0.05, 0.1) is 12.1 Å². The summed E-state index contributed by atoms with van der Waals surface area (Å²) in [6.07, 6.45) is 6.49. The van der Waals surface area contributed by atoms with Gasteiger partial charge in [-0.3, -0.25) is 4.90 Å². The molecule has 0 aromatic carbocycles. The largest absolute Gasteiger partial charge is 0.394 e. The highest BCUT2D eigenvalue weighted by Crippen LogP contribution is 2.41. The van der Waals surface area contributed by atoms with Gasteiger partial charge in [0.2, 0.25) is 0 Å². The van der Waals surface area contributed by atoms with E-state index in [0.717, 1.165) is 12.6 Å². The second kappa shape index (κ2) is 5.89. The van der Waals surface area contributed by atoms with Gasteiger partial charge in [0.1, 0.15) is 0 Å². The van der Waals surface area contributed by atoms with Crippen molar-refractivity contribution in [2.75, 3.05) is 19.7 Å². The zero-order valence-electron chi connectivity index (χ0n) is 12.3. The van der Waals surface area contributed by atoms with E-state index in [0.29, 0.717) is 12.0 Å². The van der Waals surface area contributed by atoms with Gasteiger partial charge in [-0.1, -0.05) is 20.8 Å². The molecule has 2 aliphatic carbocycles. The van der Waals surface area contributed by atoms with Crippen LogP contribution in [0.15, 0.2) is 0 Å². The van der Waals surface area contributed by atoms with Crippen molar-refractivity contribution in [3.8, 4) is 0 Å². The van der Waals surface area contributed by atoms with Crippen LogP contribution in [-0.2, 0) is 0 Å². The first kappa shape index (κ1) is 14.3. The molecule has 0 spiro atoms. The smallest absolute Gasteiger partial charge is 0.0628 e. The Morgan fingerprint density at radius 1 is 1.28 bits per heavy atom. The minimum Gasteiger partial charge on any atom is -0.394 e. The Kier molecular flexibility index (Phi) is 4.68. The zero-order chi connectivity index (χ0) is 13.2. The van der Waals surface area contributed by atoms with Crippen LogP contribution in [0.25, 0.3) is 0 Å². The van der Waals surface area contributed by atoms with Crippen LogP contribution < -0.4 is 5.32 Å². The van der Waals surface area contributed by atoms with Crippen LogP contribution in [-0.4, -0.2) is 47.3 Å². The van der Waals surface area contributed by atoms with Crippen molar-refractivity contribution in [1.82, 2.24) is 10.2 Å². The summed E-state index contributed by atoms with van der Waals surface area (Å²) in [4.78, 5) is 2.62. The van der Waals surface area contributed by atoms with Gasteiger partial charge >= 0.3 is 0 Å². The number of hydrogen-bond acceptors (Lipinski definition) is 3. The van der Waals surface area contributed by atoms with Gasteiger partial charge in [0.25, 0.3) is 0 Å². The lowest BCUT2D eigenvalue weighted by Crippen LogP contribution is -2.60. The molecule has 1 atom stereocenters. The number of aliphatic hydroxyl groups excluding tert-OH is 1. The van der Waals surface area contributed by atoms with Crippen LogP contribution in [0.3, 0.4) is 0 Å². The maximum Gasteiger partial charge on any atom is 0.0628 e. The van der Waals surface area contributed by atoms with Crippen molar-refractivity contribution in [2.24, 2.45) is 5.92 Å². The quantitative estimate of drug-likeness (QED) is 0.660. The summed E-state index contributed by atoms with van der Waals surface area (Å²) in [7, 11) is 0. The van der Waals surface area contributed by atoms with E-state index in [1.54, 1.807) is 0 Å². The Labute approximate surface area is 112 Å². The molecule has 18 heavy (non-hydrogen) atoms. The first-order valence-electron chi connectivity index (χ1n) is 7.74. The highest BCUT2D eigenvalue weighted by Gasteiger charge is 2.47. The Bertz CT molecular complexity index is 261. The standard InChI is InChI=1S/C15H30N2O/c1-4-9-17(14-7-8-14)10-15(11-18,13-5-6-13)16-12(2)3/h12-14,16,18H,4-11H2,1-3H3. The van der Waals surface area contributed by atoms with Crippen LogP contribution in [0, 0.1) is 5.92 Å². The van der Waals surface area contributed by atoms with Crippen molar-refractivity contribution in [1.29, 1.82) is 0 Å². The van der Waals surface area contributed by atoms with E-state index in [-0.39, 0.29) is 12.1 Å².